The molecule has 3 aromatic rings. The zero-order valence-corrected chi connectivity index (χ0v) is 19.5. The van der Waals surface area contributed by atoms with Gasteiger partial charge in [-0.05, 0) is 87.7 Å². The van der Waals surface area contributed by atoms with E-state index in [1.165, 1.54) is 31.7 Å². The van der Waals surface area contributed by atoms with E-state index < -0.39 is 0 Å². The summed E-state index contributed by atoms with van der Waals surface area (Å²) in [4.78, 5) is 11.1. The fourth-order valence-corrected chi connectivity index (χ4v) is 4.85. The second kappa shape index (κ2) is 8.61. The van der Waals surface area contributed by atoms with Crippen molar-refractivity contribution in [2.24, 2.45) is 11.3 Å². The van der Waals surface area contributed by atoms with Crippen molar-refractivity contribution in [2.45, 2.75) is 32.6 Å². The lowest BCUT2D eigenvalue weighted by molar-refractivity contribution is 0.457. The maximum atomic E-state index is 13.7. The van der Waals surface area contributed by atoms with Gasteiger partial charge in [-0.2, -0.15) is 0 Å². The zero-order valence-electron chi connectivity index (χ0n) is 19.5. The average Bonchev–Trinajstić information content (AvgIpc) is 3.33. The Bertz CT molecular complexity index is 1300. The van der Waals surface area contributed by atoms with E-state index in [0.29, 0.717) is 11.4 Å². The minimum atomic E-state index is -0.218. The lowest BCUT2D eigenvalue weighted by Crippen LogP contribution is -2.10. The summed E-state index contributed by atoms with van der Waals surface area (Å²) in [7, 11) is 4.11. The maximum Gasteiger partial charge on any atom is 0.141 e. The number of fused-ring (bicyclic) bond motifs is 2. The van der Waals surface area contributed by atoms with E-state index in [-0.39, 0.29) is 11.2 Å². The van der Waals surface area contributed by atoms with Crippen LogP contribution in [0.5, 0.6) is 0 Å². The third-order valence-corrected chi connectivity index (χ3v) is 6.85. The van der Waals surface area contributed by atoms with Gasteiger partial charge >= 0.3 is 0 Å². The number of anilines is 2. The molecule has 2 saturated carbocycles. The molecule has 1 aromatic heterocycles. The van der Waals surface area contributed by atoms with Crippen molar-refractivity contribution in [1.82, 2.24) is 14.9 Å². The van der Waals surface area contributed by atoms with Crippen LogP contribution in [-0.4, -0.2) is 35.5 Å². The van der Waals surface area contributed by atoms with E-state index in [1.807, 2.05) is 0 Å². The first-order valence-corrected chi connectivity index (χ1v) is 11.6. The van der Waals surface area contributed by atoms with Crippen molar-refractivity contribution < 1.29 is 4.39 Å². The van der Waals surface area contributed by atoms with Crippen molar-refractivity contribution in [1.29, 1.82) is 0 Å². The lowest BCUT2D eigenvalue weighted by atomic mass is 10.0. The Morgan fingerprint density at radius 1 is 1.24 bits per heavy atom. The highest BCUT2D eigenvalue weighted by molar-refractivity contribution is 5.93. The second-order valence-corrected chi connectivity index (χ2v) is 9.63. The van der Waals surface area contributed by atoms with Gasteiger partial charge in [0, 0.05) is 28.6 Å². The van der Waals surface area contributed by atoms with Crippen LogP contribution in [0.2, 0.25) is 0 Å². The molecule has 0 spiro atoms. The lowest BCUT2D eigenvalue weighted by Gasteiger charge is -2.11. The Labute approximate surface area is 194 Å². The fourth-order valence-electron chi connectivity index (χ4n) is 4.85. The minimum Gasteiger partial charge on any atom is -0.340 e. The van der Waals surface area contributed by atoms with Gasteiger partial charge in [-0.1, -0.05) is 30.4 Å². The van der Waals surface area contributed by atoms with E-state index in [2.05, 4.69) is 70.4 Å². The Kier molecular flexibility index (Phi) is 5.64. The molecule has 0 radical (unpaired) electrons. The first kappa shape index (κ1) is 21.6. The van der Waals surface area contributed by atoms with E-state index in [4.69, 9.17) is 0 Å². The van der Waals surface area contributed by atoms with Gasteiger partial charge in [0.05, 0.1) is 5.52 Å². The molecule has 2 aliphatic rings. The zero-order chi connectivity index (χ0) is 23.0. The number of likely N-dealkylation sites (N-methyl/N-ethyl adjacent to an activating group) is 1. The molecule has 5 rings (SSSR count). The molecule has 0 bridgehead atoms. The van der Waals surface area contributed by atoms with E-state index in [1.54, 1.807) is 25.4 Å². The number of aryl methyl sites for hydroxylation is 1. The van der Waals surface area contributed by atoms with Gasteiger partial charge in [-0.25, -0.2) is 14.4 Å². The highest BCUT2D eigenvalue weighted by Crippen LogP contribution is 2.63. The molecule has 2 aromatic carbocycles. The van der Waals surface area contributed by atoms with Crippen LogP contribution < -0.4 is 5.32 Å². The molecule has 4 nitrogen and oxygen atoms in total. The van der Waals surface area contributed by atoms with Crippen LogP contribution in [0.15, 0.2) is 42.7 Å². The fraction of sp³-hybridized carbons (Fsp3) is 0.357. The van der Waals surface area contributed by atoms with Crippen LogP contribution in [0.25, 0.3) is 17.0 Å². The van der Waals surface area contributed by atoms with Crippen LogP contribution >= 0.6 is 0 Å². The summed E-state index contributed by atoms with van der Waals surface area (Å²) >= 11 is 0. The molecule has 0 saturated heterocycles. The third-order valence-electron chi connectivity index (χ3n) is 6.85. The Morgan fingerprint density at radius 3 is 2.85 bits per heavy atom. The minimum absolute atomic E-state index is 0.218. The summed E-state index contributed by atoms with van der Waals surface area (Å²) in [5.74, 6) is 8.42. The Balaban J connectivity index is 1.55. The van der Waals surface area contributed by atoms with Gasteiger partial charge in [-0.15, -0.1) is 0 Å². The Hall–Kier alpha value is -3.23. The van der Waals surface area contributed by atoms with Crippen LogP contribution in [0.3, 0.4) is 0 Å². The monoisotopic (exact) mass is 440 g/mol. The molecule has 1 heterocycles. The van der Waals surface area contributed by atoms with Crippen LogP contribution in [-0.2, 0) is 0 Å². The van der Waals surface area contributed by atoms with Gasteiger partial charge in [-0.3, -0.25) is 0 Å². The standard InChI is InChI=1S/C28H29FN4/c1-19-14-23(8-9-25(19)29)32-27-24-15-20(6-5-13-33(2)3)21(16-26(24)30-18-31-27)10-12-28-11-4-7-22(28)17-28/h5-6,8-9,14-16,18,22H,4,7,11,13,17H2,1-3H3,(H,30,31,32)/b6-5+. The number of aromatic nitrogens is 2. The summed E-state index contributed by atoms with van der Waals surface area (Å²) in [6.45, 7) is 2.60. The molecular formula is C28H29FN4. The van der Waals surface area contributed by atoms with Crippen molar-refractivity contribution in [3.63, 3.8) is 0 Å². The molecule has 0 amide bonds. The SMILES string of the molecule is Cc1cc(Nc2ncnc3cc(C#CC45CCCC4C5)c(/C=C/CN(C)C)cc23)ccc1F. The predicted molar refractivity (Wildman–Crippen MR) is 133 cm³/mol. The number of hydrogen-bond acceptors (Lipinski definition) is 4. The summed E-state index contributed by atoms with van der Waals surface area (Å²) in [5.41, 5.74) is 4.56. The average molecular weight is 441 g/mol. The van der Waals surface area contributed by atoms with Crippen LogP contribution in [0.4, 0.5) is 15.9 Å². The van der Waals surface area contributed by atoms with E-state index in [0.717, 1.165) is 40.2 Å². The molecule has 2 aliphatic carbocycles. The molecule has 2 atom stereocenters. The smallest absolute Gasteiger partial charge is 0.141 e. The van der Waals surface area contributed by atoms with Crippen molar-refractivity contribution >= 4 is 28.5 Å². The third kappa shape index (κ3) is 4.49. The van der Waals surface area contributed by atoms with Gasteiger partial charge in [0.25, 0.3) is 0 Å². The van der Waals surface area contributed by atoms with Gasteiger partial charge in [0.2, 0.25) is 0 Å². The number of halogens is 1. The van der Waals surface area contributed by atoms with Gasteiger partial charge in [0.1, 0.15) is 18.0 Å². The van der Waals surface area contributed by atoms with Gasteiger partial charge in [0.15, 0.2) is 0 Å². The van der Waals surface area contributed by atoms with Crippen molar-refractivity contribution in [3.05, 3.63) is 65.2 Å². The second-order valence-electron chi connectivity index (χ2n) is 9.63. The van der Waals surface area contributed by atoms with Gasteiger partial charge < -0.3 is 10.2 Å². The Morgan fingerprint density at radius 2 is 2.12 bits per heavy atom. The first-order chi connectivity index (χ1) is 15.9. The topological polar surface area (TPSA) is 41.1 Å². The molecule has 168 valence electrons. The number of nitrogens with one attached hydrogen (secondary N) is 1. The van der Waals surface area contributed by atoms with Crippen LogP contribution in [0, 0.1) is 35.9 Å². The molecule has 2 unspecified atom stereocenters. The van der Waals surface area contributed by atoms with Crippen molar-refractivity contribution in [2.75, 3.05) is 26.0 Å². The van der Waals surface area contributed by atoms with Crippen molar-refractivity contribution in [3.8, 4) is 11.8 Å². The molecule has 1 N–H and O–H groups in total. The number of rotatable bonds is 5. The predicted octanol–water partition coefficient (Wildman–Crippen LogP) is 5.94. The first-order valence-electron chi connectivity index (χ1n) is 11.6. The molecule has 33 heavy (non-hydrogen) atoms. The molecule has 2 fully saturated rings. The quantitative estimate of drug-likeness (QED) is 0.499. The van der Waals surface area contributed by atoms with E-state index in [9.17, 15) is 4.39 Å². The largest absolute Gasteiger partial charge is 0.340 e. The highest BCUT2D eigenvalue weighted by atomic mass is 19.1. The van der Waals surface area contributed by atoms with Crippen LogP contribution in [0.1, 0.15) is 42.4 Å². The normalized spacial score (nSPS) is 21.3. The van der Waals surface area contributed by atoms with E-state index >= 15 is 0 Å². The summed E-state index contributed by atoms with van der Waals surface area (Å²) < 4.78 is 13.7. The maximum absolute atomic E-state index is 13.7. The number of nitrogens with zero attached hydrogens (tertiary/aromatic N) is 3. The summed E-state index contributed by atoms with van der Waals surface area (Å²) in [6, 6.07) is 9.16. The highest BCUT2D eigenvalue weighted by Gasteiger charge is 2.55. The molecule has 5 heteroatoms. The summed E-state index contributed by atoms with van der Waals surface area (Å²) in [5, 5.41) is 4.25. The number of hydrogen-bond donors (Lipinski definition) is 1. The number of benzene rings is 2. The summed E-state index contributed by atoms with van der Waals surface area (Å²) in [6.07, 6.45) is 11.0. The molecular weight excluding hydrogens is 411 g/mol. The molecule has 0 aliphatic heterocycles.